The molecule has 2 aliphatic rings. The van der Waals surface area contributed by atoms with E-state index >= 15 is 0 Å². The van der Waals surface area contributed by atoms with E-state index in [4.69, 9.17) is 0 Å². The molecule has 1 aliphatic heterocycles. The van der Waals surface area contributed by atoms with Crippen molar-refractivity contribution in [3.05, 3.63) is 0 Å². The van der Waals surface area contributed by atoms with Gasteiger partial charge in [-0.1, -0.05) is 0 Å². The Balaban J connectivity index is 0.00000128. The van der Waals surface area contributed by atoms with E-state index < -0.39 is 0 Å². The molecule has 0 aromatic carbocycles. The molecule has 2 rings (SSSR count). The topological polar surface area (TPSA) is 32.3 Å². The van der Waals surface area contributed by atoms with Gasteiger partial charge >= 0.3 is 0 Å². The first-order chi connectivity index (χ1) is 7.25. The highest BCUT2D eigenvalue weighted by Gasteiger charge is 2.26. The first kappa shape index (κ1) is 14.1. The van der Waals surface area contributed by atoms with E-state index in [9.17, 15) is 4.79 Å². The van der Waals surface area contributed by atoms with Gasteiger partial charge in [0.15, 0.2) is 0 Å². The summed E-state index contributed by atoms with van der Waals surface area (Å²) in [6.45, 7) is 2.02. The Morgan fingerprint density at radius 2 is 2.25 bits per heavy atom. The highest BCUT2D eigenvalue weighted by Crippen LogP contribution is 2.29. The zero-order valence-corrected chi connectivity index (χ0v) is 11.4. The lowest BCUT2D eigenvalue weighted by Gasteiger charge is -2.25. The molecule has 1 amide bonds. The molecule has 2 fully saturated rings. The van der Waals surface area contributed by atoms with E-state index in [1.165, 1.54) is 18.6 Å². The normalized spacial score (nSPS) is 24.7. The van der Waals surface area contributed by atoms with Crippen molar-refractivity contribution in [3.63, 3.8) is 0 Å². The van der Waals surface area contributed by atoms with Gasteiger partial charge in [-0.05, 0) is 18.8 Å². The highest BCUT2D eigenvalue weighted by molar-refractivity contribution is 7.99. The van der Waals surface area contributed by atoms with E-state index in [-0.39, 0.29) is 12.4 Å². The van der Waals surface area contributed by atoms with Crippen LogP contribution in [0, 0.1) is 5.92 Å². The van der Waals surface area contributed by atoms with Crippen LogP contribution < -0.4 is 5.32 Å². The van der Waals surface area contributed by atoms with Crippen LogP contribution in [-0.4, -0.2) is 48.5 Å². The SMILES string of the molecule is CN(CC1CC1)C(=O)CC1CSCCN1.Cl. The summed E-state index contributed by atoms with van der Waals surface area (Å²) in [7, 11) is 1.94. The molecule has 1 saturated heterocycles. The Morgan fingerprint density at radius 1 is 1.50 bits per heavy atom. The van der Waals surface area contributed by atoms with Crippen LogP contribution in [0.2, 0.25) is 0 Å². The van der Waals surface area contributed by atoms with Crippen LogP contribution in [0.5, 0.6) is 0 Å². The molecule has 1 atom stereocenters. The van der Waals surface area contributed by atoms with Gasteiger partial charge in [-0.2, -0.15) is 11.8 Å². The van der Waals surface area contributed by atoms with E-state index in [0.717, 1.165) is 24.8 Å². The molecule has 16 heavy (non-hydrogen) atoms. The summed E-state index contributed by atoms with van der Waals surface area (Å²) in [5, 5.41) is 3.41. The number of rotatable bonds is 4. The maximum absolute atomic E-state index is 11.9. The second-order valence-electron chi connectivity index (χ2n) is 4.65. The van der Waals surface area contributed by atoms with Crippen LogP contribution >= 0.6 is 24.2 Å². The molecule has 1 heterocycles. The van der Waals surface area contributed by atoms with Crippen LogP contribution in [0.15, 0.2) is 0 Å². The molecule has 0 spiro atoms. The Labute approximate surface area is 108 Å². The minimum Gasteiger partial charge on any atom is -0.345 e. The van der Waals surface area contributed by atoms with Crippen molar-refractivity contribution in [2.24, 2.45) is 5.92 Å². The van der Waals surface area contributed by atoms with Crippen LogP contribution in [-0.2, 0) is 4.79 Å². The largest absolute Gasteiger partial charge is 0.345 e. The van der Waals surface area contributed by atoms with Gasteiger partial charge in [0.05, 0.1) is 0 Å². The Bertz CT molecular complexity index is 230. The van der Waals surface area contributed by atoms with Gasteiger partial charge < -0.3 is 10.2 Å². The van der Waals surface area contributed by atoms with Crippen molar-refractivity contribution in [2.75, 3.05) is 31.6 Å². The van der Waals surface area contributed by atoms with Gasteiger partial charge in [0.25, 0.3) is 0 Å². The van der Waals surface area contributed by atoms with Crippen LogP contribution in [0.3, 0.4) is 0 Å². The summed E-state index contributed by atoms with van der Waals surface area (Å²) < 4.78 is 0. The molecule has 0 aromatic heterocycles. The molecule has 1 unspecified atom stereocenters. The fourth-order valence-corrected chi connectivity index (χ4v) is 2.86. The predicted molar refractivity (Wildman–Crippen MR) is 71.3 cm³/mol. The van der Waals surface area contributed by atoms with Gasteiger partial charge in [0, 0.05) is 44.1 Å². The average molecular weight is 265 g/mol. The lowest BCUT2D eigenvalue weighted by atomic mass is 10.2. The molecule has 0 bridgehead atoms. The first-order valence-corrected chi connectivity index (χ1v) is 6.96. The Kier molecular flexibility index (Phi) is 5.94. The fraction of sp³-hybridized carbons (Fsp3) is 0.909. The van der Waals surface area contributed by atoms with Crippen LogP contribution in [0.1, 0.15) is 19.3 Å². The van der Waals surface area contributed by atoms with Crippen molar-refractivity contribution in [3.8, 4) is 0 Å². The third kappa shape index (κ3) is 4.52. The molecule has 0 radical (unpaired) electrons. The van der Waals surface area contributed by atoms with Crippen molar-refractivity contribution < 1.29 is 4.79 Å². The van der Waals surface area contributed by atoms with Crippen molar-refractivity contribution in [1.82, 2.24) is 10.2 Å². The number of halogens is 1. The fourth-order valence-electron chi connectivity index (χ4n) is 1.91. The van der Waals surface area contributed by atoms with Crippen LogP contribution in [0.4, 0.5) is 0 Å². The van der Waals surface area contributed by atoms with Gasteiger partial charge in [-0.15, -0.1) is 12.4 Å². The summed E-state index contributed by atoms with van der Waals surface area (Å²) in [4.78, 5) is 13.8. The summed E-state index contributed by atoms with van der Waals surface area (Å²) >= 11 is 1.95. The molecular formula is C11H21ClN2OS. The predicted octanol–water partition coefficient (Wildman–Crippen LogP) is 1.37. The van der Waals surface area contributed by atoms with Crippen molar-refractivity contribution >= 4 is 30.1 Å². The minimum atomic E-state index is 0. The smallest absolute Gasteiger partial charge is 0.223 e. The number of amides is 1. The molecule has 3 nitrogen and oxygen atoms in total. The van der Waals surface area contributed by atoms with Crippen molar-refractivity contribution in [1.29, 1.82) is 0 Å². The number of carbonyl (C=O) groups is 1. The van der Waals surface area contributed by atoms with Gasteiger partial charge in [0.1, 0.15) is 0 Å². The molecule has 1 saturated carbocycles. The molecule has 94 valence electrons. The standard InChI is InChI=1S/C11H20N2OS.ClH/c1-13(7-9-2-3-9)11(14)6-10-8-15-5-4-12-10;/h9-10,12H,2-8H2,1H3;1H. The lowest BCUT2D eigenvalue weighted by Crippen LogP contribution is -2.42. The summed E-state index contributed by atoms with van der Waals surface area (Å²) in [5.74, 6) is 3.38. The summed E-state index contributed by atoms with van der Waals surface area (Å²) in [6.07, 6.45) is 3.31. The molecule has 5 heteroatoms. The first-order valence-electron chi connectivity index (χ1n) is 5.81. The zero-order valence-electron chi connectivity index (χ0n) is 9.78. The quantitative estimate of drug-likeness (QED) is 0.833. The molecular weight excluding hydrogens is 244 g/mol. The molecule has 0 aromatic rings. The number of hydrogen-bond acceptors (Lipinski definition) is 3. The second kappa shape index (κ2) is 6.72. The van der Waals surface area contributed by atoms with E-state index in [2.05, 4.69) is 5.32 Å². The Morgan fingerprint density at radius 3 is 2.81 bits per heavy atom. The monoisotopic (exact) mass is 264 g/mol. The van der Waals surface area contributed by atoms with Gasteiger partial charge in [-0.3, -0.25) is 4.79 Å². The maximum Gasteiger partial charge on any atom is 0.223 e. The number of nitrogens with zero attached hydrogens (tertiary/aromatic N) is 1. The van der Waals surface area contributed by atoms with Gasteiger partial charge in [-0.25, -0.2) is 0 Å². The summed E-state index contributed by atoms with van der Waals surface area (Å²) in [5.41, 5.74) is 0. The average Bonchev–Trinajstić information content (AvgIpc) is 3.03. The zero-order chi connectivity index (χ0) is 10.7. The van der Waals surface area contributed by atoms with E-state index in [0.29, 0.717) is 18.4 Å². The van der Waals surface area contributed by atoms with Crippen molar-refractivity contribution in [2.45, 2.75) is 25.3 Å². The van der Waals surface area contributed by atoms with E-state index in [1.54, 1.807) is 0 Å². The van der Waals surface area contributed by atoms with E-state index in [1.807, 2.05) is 23.7 Å². The summed E-state index contributed by atoms with van der Waals surface area (Å²) in [6, 6.07) is 0.401. The third-order valence-electron chi connectivity index (χ3n) is 3.07. The maximum atomic E-state index is 11.9. The van der Waals surface area contributed by atoms with Crippen LogP contribution in [0.25, 0.3) is 0 Å². The highest BCUT2D eigenvalue weighted by atomic mass is 35.5. The number of hydrogen-bond donors (Lipinski definition) is 1. The second-order valence-corrected chi connectivity index (χ2v) is 5.80. The lowest BCUT2D eigenvalue weighted by molar-refractivity contribution is -0.130. The Hall–Kier alpha value is 0.0700. The number of carbonyl (C=O) groups excluding carboxylic acids is 1. The minimum absolute atomic E-state index is 0. The van der Waals surface area contributed by atoms with Gasteiger partial charge in [0.2, 0.25) is 5.91 Å². The molecule has 1 N–H and O–H groups in total. The third-order valence-corrected chi connectivity index (χ3v) is 4.21. The number of nitrogens with one attached hydrogen (secondary N) is 1. The molecule has 1 aliphatic carbocycles. The number of thioether (sulfide) groups is 1.